The van der Waals surface area contributed by atoms with Crippen molar-refractivity contribution in [3.8, 4) is 0 Å². The van der Waals surface area contributed by atoms with Gasteiger partial charge in [0.25, 0.3) is 17.4 Å². The van der Waals surface area contributed by atoms with E-state index in [1.165, 1.54) is 9.47 Å². The number of carbonyl (C=O) groups is 2. The van der Waals surface area contributed by atoms with E-state index in [4.69, 9.17) is 10.5 Å². The number of H-pyrrole nitrogens is 1. The Morgan fingerprint density at radius 2 is 2.09 bits per heavy atom. The summed E-state index contributed by atoms with van der Waals surface area (Å²) in [5, 5.41) is 2.79. The first-order valence-corrected chi connectivity index (χ1v) is 11.7. The van der Waals surface area contributed by atoms with Crippen molar-refractivity contribution in [1.82, 2.24) is 9.55 Å². The van der Waals surface area contributed by atoms with Gasteiger partial charge in [-0.2, -0.15) is 0 Å². The number of benzene rings is 1. The highest BCUT2D eigenvalue weighted by Crippen LogP contribution is 2.23. The summed E-state index contributed by atoms with van der Waals surface area (Å²) < 4.78 is 6.70. The summed E-state index contributed by atoms with van der Waals surface area (Å²) in [5.41, 5.74) is 5.62. The van der Waals surface area contributed by atoms with Crippen LogP contribution in [0.3, 0.4) is 0 Å². The molecule has 2 aromatic rings. The van der Waals surface area contributed by atoms with Gasteiger partial charge in [-0.3, -0.25) is 23.9 Å². The first-order chi connectivity index (χ1) is 16.2. The van der Waals surface area contributed by atoms with Crippen LogP contribution in [0.5, 0.6) is 0 Å². The zero-order valence-electron chi connectivity index (χ0n) is 19.9. The molecule has 1 aliphatic rings. The van der Waals surface area contributed by atoms with Crippen LogP contribution in [0, 0.1) is 5.92 Å². The third-order valence-electron chi connectivity index (χ3n) is 5.61. The highest BCUT2D eigenvalue weighted by Gasteiger charge is 2.27. The first-order valence-electron chi connectivity index (χ1n) is 11.7. The average Bonchev–Trinajstić information content (AvgIpc) is 3.33. The van der Waals surface area contributed by atoms with Gasteiger partial charge in [-0.05, 0) is 43.4 Å². The Labute approximate surface area is 198 Å². The van der Waals surface area contributed by atoms with Gasteiger partial charge in [0.05, 0.1) is 0 Å². The monoisotopic (exact) mass is 471 g/mol. The summed E-state index contributed by atoms with van der Waals surface area (Å²) in [6.07, 6.45) is 2.51. The van der Waals surface area contributed by atoms with Crippen molar-refractivity contribution < 1.29 is 14.3 Å². The second kappa shape index (κ2) is 11.1. The maximum atomic E-state index is 13.6. The first kappa shape index (κ1) is 25.2. The zero-order valence-corrected chi connectivity index (χ0v) is 19.9. The number of aromatic nitrogens is 2. The van der Waals surface area contributed by atoms with E-state index in [0.29, 0.717) is 31.7 Å². The van der Waals surface area contributed by atoms with Crippen LogP contribution in [0.25, 0.3) is 0 Å². The number of carbonyl (C=O) groups excluding carboxylic acids is 2. The predicted octanol–water partition coefficient (Wildman–Crippen LogP) is 2.34. The molecular weight excluding hydrogens is 438 g/mol. The largest absolute Gasteiger partial charge is 0.383 e. The van der Waals surface area contributed by atoms with Crippen LogP contribution in [0.4, 0.5) is 17.2 Å². The van der Waals surface area contributed by atoms with Gasteiger partial charge in [0, 0.05) is 30.9 Å². The summed E-state index contributed by atoms with van der Waals surface area (Å²) in [7, 11) is 0. The average molecular weight is 472 g/mol. The normalized spacial score (nSPS) is 15.5. The Morgan fingerprint density at radius 3 is 2.74 bits per heavy atom. The standard InChI is InChI=1S/C24H33N5O5/c1-4-5-11-28-20(25)19(22(31)27-24(28)33)29(14-15(2)3)23(32)16-8-6-9-17(13-16)26-21(30)18-10-7-12-34-18/h6,8-9,13,15,18H,4-5,7,10-12,14,25H2,1-3H3,(H,26,30)(H,27,31,33). The lowest BCUT2D eigenvalue weighted by Crippen LogP contribution is -2.42. The second-order valence-electron chi connectivity index (χ2n) is 8.88. The SMILES string of the molecule is CCCCn1c(N)c(N(CC(C)C)C(=O)c2cccc(NC(=O)C3CCCO3)c2)c(=O)[nH]c1=O. The molecule has 1 unspecified atom stereocenters. The van der Waals surface area contributed by atoms with E-state index in [1.54, 1.807) is 24.3 Å². The summed E-state index contributed by atoms with van der Waals surface area (Å²) >= 11 is 0. The quantitative estimate of drug-likeness (QED) is 0.513. The minimum atomic E-state index is -0.716. The van der Waals surface area contributed by atoms with E-state index in [0.717, 1.165) is 12.8 Å². The number of rotatable bonds is 9. The van der Waals surface area contributed by atoms with E-state index in [9.17, 15) is 19.2 Å². The number of amides is 2. The fourth-order valence-electron chi connectivity index (χ4n) is 3.91. The maximum absolute atomic E-state index is 13.6. The zero-order chi connectivity index (χ0) is 24.8. The van der Waals surface area contributed by atoms with E-state index < -0.39 is 23.3 Å². The molecule has 1 saturated heterocycles. The Balaban J connectivity index is 1.96. The number of anilines is 3. The Bertz CT molecular complexity index is 1150. The molecule has 0 bridgehead atoms. The van der Waals surface area contributed by atoms with Gasteiger partial charge < -0.3 is 20.7 Å². The van der Waals surface area contributed by atoms with Crippen LogP contribution in [-0.2, 0) is 16.1 Å². The van der Waals surface area contributed by atoms with Crippen LogP contribution in [0.2, 0.25) is 0 Å². The molecule has 2 heterocycles. The van der Waals surface area contributed by atoms with Crippen molar-refractivity contribution in [2.75, 3.05) is 29.1 Å². The number of unbranched alkanes of at least 4 members (excludes halogenated alkanes) is 1. The molecule has 10 nitrogen and oxygen atoms in total. The second-order valence-corrected chi connectivity index (χ2v) is 8.88. The number of nitrogens with zero attached hydrogens (tertiary/aromatic N) is 2. The number of hydrogen-bond acceptors (Lipinski definition) is 6. The number of nitrogens with one attached hydrogen (secondary N) is 2. The summed E-state index contributed by atoms with van der Waals surface area (Å²) in [6.45, 7) is 6.90. The van der Waals surface area contributed by atoms with Crippen LogP contribution in [0.15, 0.2) is 33.9 Å². The lowest BCUT2D eigenvalue weighted by atomic mass is 10.1. The molecule has 1 fully saturated rings. The van der Waals surface area contributed by atoms with E-state index in [2.05, 4.69) is 10.3 Å². The summed E-state index contributed by atoms with van der Waals surface area (Å²) in [6, 6.07) is 6.50. The number of nitrogens with two attached hydrogens (primary N) is 1. The molecule has 0 saturated carbocycles. The Hall–Kier alpha value is -3.40. The summed E-state index contributed by atoms with van der Waals surface area (Å²) in [4.78, 5) is 54.7. The fraction of sp³-hybridized carbons (Fsp3) is 0.500. The highest BCUT2D eigenvalue weighted by atomic mass is 16.5. The smallest absolute Gasteiger partial charge is 0.330 e. The van der Waals surface area contributed by atoms with E-state index in [1.807, 2.05) is 20.8 Å². The molecule has 10 heteroatoms. The molecule has 0 spiro atoms. The topological polar surface area (TPSA) is 140 Å². The van der Waals surface area contributed by atoms with Crippen molar-refractivity contribution in [2.45, 2.75) is 59.1 Å². The molecule has 1 aromatic carbocycles. The third-order valence-corrected chi connectivity index (χ3v) is 5.61. The van der Waals surface area contributed by atoms with Crippen molar-refractivity contribution in [1.29, 1.82) is 0 Å². The number of ether oxygens (including phenoxy) is 1. The minimum absolute atomic E-state index is 0.0150. The van der Waals surface area contributed by atoms with Crippen LogP contribution in [-0.4, -0.2) is 40.6 Å². The molecule has 4 N–H and O–H groups in total. The van der Waals surface area contributed by atoms with Gasteiger partial charge in [0.15, 0.2) is 5.69 Å². The molecule has 1 atom stereocenters. The van der Waals surface area contributed by atoms with Gasteiger partial charge in [-0.15, -0.1) is 0 Å². The molecule has 3 rings (SSSR count). The maximum Gasteiger partial charge on any atom is 0.330 e. The third kappa shape index (κ3) is 5.74. The molecule has 1 aliphatic heterocycles. The minimum Gasteiger partial charge on any atom is -0.383 e. The number of aromatic amines is 1. The van der Waals surface area contributed by atoms with E-state index in [-0.39, 0.29) is 35.4 Å². The molecule has 0 aliphatic carbocycles. The molecule has 2 amide bonds. The van der Waals surface area contributed by atoms with Crippen molar-refractivity contribution in [3.05, 3.63) is 50.7 Å². The Morgan fingerprint density at radius 1 is 1.32 bits per heavy atom. The van der Waals surface area contributed by atoms with Crippen LogP contribution in [0.1, 0.15) is 56.8 Å². The van der Waals surface area contributed by atoms with Crippen molar-refractivity contribution in [2.24, 2.45) is 5.92 Å². The number of nitrogen functional groups attached to an aromatic ring is 1. The molecular formula is C24H33N5O5. The lowest BCUT2D eigenvalue weighted by Gasteiger charge is -2.26. The van der Waals surface area contributed by atoms with Gasteiger partial charge in [-0.1, -0.05) is 33.3 Å². The summed E-state index contributed by atoms with van der Waals surface area (Å²) in [5.74, 6) is -0.746. The lowest BCUT2D eigenvalue weighted by molar-refractivity contribution is -0.124. The molecule has 1 aromatic heterocycles. The highest BCUT2D eigenvalue weighted by molar-refractivity contribution is 6.08. The predicted molar refractivity (Wildman–Crippen MR) is 131 cm³/mol. The van der Waals surface area contributed by atoms with Crippen molar-refractivity contribution in [3.63, 3.8) is 0 Å². The van der Waals surface area contributed by atoms with Gasteiger partial charge in [-0.25, -0.2) is 4.79 Å². The van der Waals surface area contributed by atoms with Crippen LogP contribution < -0.4 is 27.2 Å². The molecule has 0 radical (unpaired) electrons. The molecule has 184 valence electrons. The number of hydrogen-bond donors (Lipinski definition) is 3. The van der Waals surface area contributed by atoms with Gasteiger partial charge in [0.2, 0.25) is 0 Å². The van der Waals surface area contributed by atoms with Crippen molar-refractivity contribution >= 4 is 29.0 Å². The molecule has 34 heavy (non-hydrogen) atoms. The van der Waals surface area contributed by atoms with Gasteiger partial charge in [0.1, 0.15) is 11.9 Å². The Kier molecular flexibility index (Phi) is 8.27. The van der Waals surface area contributed by atoms with Gasteiger partial charge >= 0.3 is 5.69 Å². The van der Waals surface area contributed by atoms with Crippen LogP contribution >= 0.6 is 0 Å². The fourth-order valence-corrected chi connectivity index (χ4v) is 3.91. The van der Waals surface area contributed by atoms with E-state index >= 15 is 0 Å².